The average molecular weight is 538 g/mol. The lowest BCUT2D eigenvalue weighted by Crippen LogP contribution is -2.47. The van der Waals surface area contributed by atoms with Crippen molar-refractivity contribution < 1.29 is 27.5 Å². The van der Waals surface area contributed by atoms with E-state index in [-0.39, 0.29) is 36.9 Å². The van der Waals surface area contributed by atoms with Gasteiger partial charge in [0, 0.05) is 35.5 Å². The van der Waals surface area contributed by atoms with Crippen LogP contribution in [0, 0.1) is 0 Å². The molecule has 1 aliphatic heterocycles. The van der Waals surface area contributed by atoms with Crippen molar-refractivity contribution in [3.63, 3.8) is 0 Å². The normalized spacial score (nSPS) is 17.2. The fourth-order valence-electron chi connectivity index (χ4n) is 3.64. The first kappa shape index (κ1) is 23.7. The maximum absolute atomic E-state index is 13.8. The number of rotatable bonds is 7. The zero-order valence-corrected chi connectivity index (χ0v) is 20.6. The third-order valence-electron chi connectivity index (χ3n) is 5.37. The third-order valence-corrected chi connectivity index (χ3v) is 7.81. The molecule has 1 N–H and O–H groups in total. The molecule has 4 rings (SSSR count). The molecule has 1 atom stereocenters. The van der Waals surface area contributed by atoms with E-state index >= 15 is 0 Å². The van der Waals surface area contributed by atoms with E-state index in [4.69, 9.17) is 14.3 Å². The van der Waals surface area contributed by atoms with E-state index in [1.165, 1.54) is 18.5 Å². The van der Waals surface area contributed by atoms with Crippen LogP contribution in [-0.4, -0.2) is 75.2 Å². The van der Waals surface area contributed by atoms with E-state index in [1.807, 2.05) is 30.3 Å². The second-order valence-electron chi connectivity index (χ2n) is 7.48. The topological polar surface area (TPSA) is 101 Å². The molecule has 3 aromatic rings. The summed E-state index contributed by atoms with van der Waals surface area (Å²) in [6.45, 7) is 0.686. The molecule has 33 heavy (non-hydrogen) atoms. The first-order valence-electron chi connectivity index (χ1n) is 10.2. The number of halogens is 1. The number of aromatic amines is 1. The fraction of sp³-hybridized carbons (Fsp3) is 0.318. The number of H-pyrrole nitrogens is 1. The van der Waals surface area contributed by atoms with E-state index in [1.54, 1.807) is 18.2 Å². The molecular formula is C22H24BrN3O6S. The Morgan fingerprint density at radius 1 is 1.27 bits per heavy atom. The number of nitrogens with one attached hydrogen (secondary N) is 1. The highest BCUT2D eigenvalue weighted by Crippen LogP contribution is 2.33. The zero-order valence-electron chi connectivity index (χ0n) is 18.2. The quantitative estimate of drug-likeness (QED) is 0.465. The minimum Gasteiger partial charge on any atom is -0.491 e. The summed E-state index contributed by atoms with van der Waals surface area (Å²) in [4.78, 5) is 20.8. The summed E-state index contributed by atoms with van der Waals surface area (Å²) in [5.74, 6) is 0.0821. The van der Waals surface area contributed by atoms with E-state index in [0.717, 1.165) is 5.06 Å². The Balaban J connectivity index is 1.66. The largest absolute Gasteiger partial charge is 0.491 e. The number of amides is 1. The van der Waals surface area contributed by atoms with Crippen molar-refractivity contribution >= 4 is 42.8 Å². The fourth-order valence-corrected chi connectivity index (χ4v) is 5.78. The van der Waals surface area contributed by atoms with Crippen LogP contribution in [0.4, 0.5) is 0 Å². The number of ether oxygens (including phenoxy) is 2. The van der Waals surface area contributed by atoms with Crippen molar-refractivity contribution in [2.24, 2.45) is 0 Å². The lowest BCUT2D eigenvalue weighted by Gasteiger charge is -2.32. The Kier molecular flexibility index (Phi) is 7.05. The smallest absolute Gasteiger partial charge is 0.294 e. The second kappa shape index (κ2) is 9.82. The number of carbonyl (C=O) groups excluding carboxylic acids is 1. The van der Waals surface area contributed by atoms with Crippen LogP contribution in [0.25, 0.3) is 10.9 Å². The molecule has 1 amide bonds. The molecule has 2 aromatic carbocycles. The zero-order chi connectivity index (χ0) is 23.6. The van der Waals surface area contributed by atoms with Crippen LogP contribution >= 0.6 is 15.9 Å². The number of hydrogen-bond acceptors (Lipinski definition) is 6. The van der Waals surface area contributed by atoms with E-state index in [9.17, 15) is 13.2 Å². The number of benzene rings is 2. The summed E-state index contributed by atoms with van der Waals surface area (Å²) in [6.07, 6.45) is -0.452. The number of aromatic nitrogens is 1. The molecule has 0 saturated carbocycles. The van der Waals surface area contributed by atoms with Crippen LogP contribution < -0.4 is 4.74 Å². The predicted molar refractivity (Wildman–Crippen MR) is 126 cm³/mol. The standard InChI is InChI=1S/C22H24BrN3O6S/c1-25(30-2)22(27)20-21(18-12-15(23)8-9-19(18)24-20)33(28,29)26-10-11-31-17(13-26)14-32-16-6-4-3-5-7-16/h3-9,12,17,24H,10-11,13-14H2,1-2H3. The van der Waals surface area contributed by atoms with Gasteiger partial charge in [-0.15, -0.1) is 0 Å². The summed E-state index contributed by atoms with van der Waals surface area (Å²) >= 11 is 3.39. The van der Waals surface area contributed by atoms with Crippen LogP contribution in [-0.2, 0) is 19.6 Å². The summed E-state index contributed by atoms with van der Waals surface area (Å²) in [5, 5.41) is 1.40. The molecule has 1 fully saturated rings. The minimum absolute atomic E-state index is 0.0592. The summed E-state index contributed by atoms with van der Waals surface area (Å²) in [6, 6.07) is 14.4. The Hall–Kier alpha value is -2.44. The van der Waals surface area contributed by atoms with Crippen LogP contribution in [0.1, 0.15) is 10.5 Å². The number of carbonyl (C=O) groups is 1. The van der Waals surface area contributed by atoms with Gasteiger partial charge in [-0.1, -0.05) is 34.1 Å². The van der Waals surface area contributed by atoms with Crippen molar-refractivity contribution in [3.8, 4) is 5.75 Å². The summed E-state index contributed by atoms with van der Waals surface area (Å²) < 4.78 is 41.2. The van der Waals surface area contributed by atoms with Gasteiger partial charge in [0.2, 0.25) is 10.0 Å². The summed E-state index contributed by atoms with van der Waals surface area (Å²) in [7, 11) is -1.29. The number of fused-ring (bicyclic) bond motifs is 1. The van der Waals surface area contributed by atoms with Gasteiger partial charge in [-0.2, -0.15) is 4.31 Å². The Labute approximate surface area is 200 Å². The van der Waals surface area contributed by atoms with Crippen molar-refractivity contribution in [1.29, 1.82) is 0 Å². The molecule has 9 nitrogen and oxygen atoms in total. The monoisotopic (exact) mass is 537 g/mol. The van der Waals surface area contributed by atoms with Gasteiger partial charge in [0.25, 0.3) is 5.91 Å². The first-order chi connectivity index (χ1) is 15.8. The highest BCUT2D eigenvalue weighted by molar-refractivity contribution is 9.10. The van der Waals surface area contributed by atoms with Gasteiger partial charge in [-0.25, -0.2) is 13.5 Å². The van der Waals surface area contributed by atoms with E-state index in [2.05, 4.69) is 20.9 Å². The summed E-state index contributed by atoms with van der Waals surface area (Å²) in [5.41, 5.74) is 0.470. The Morgan fingerprint density at radius 2 is 2.03 bits per heavy atom. The van der Waals surface area contributed by atoms with Crippen LogP contribution in [0.2, 0.25) is 0 Å². The number of hydroxylamine groups is 2. The first-order valence-corrected chi connectivity index (χ1v) is 12.5. The van der Waals surface area contributed by atoms with Gasteiger partial charge in [0.05, 0.1) is 13.7 Å². The molecule has 1 unspecified atom stereocenters. The van der Waals surface area contributed by atoms with Crippen molar-refractivity contribution in [2.45, 2.75) is 11.0 Å². The number of nitrogens with zero attached hydrogens (tertiary/aromatic N) is 2. The van der Waals surface area contributed by atoms with Gasteiger partial charge in [0.15, 0.2) is 0 Å². The Morgan fingerprint density at radius 3 is 2.76 bits per heavy atom. The maximum Gasteiger partial charge on any atom is 0.294 e. The average Bonchev–Trinajstić information content (AvgIpc) is 3.22. The lowest BCUT2D eigenvalue weighted by molar-refractivity contribution is -0.0762. The molecule has 1 aromatic heterocycles. The minimum atomic E-state index is -4.05. The van der Waals surface area contributed by atoms with Gasteiger partial charge in [-0.3, -0.25) is 9.63 Å². The van der Waals surface area contributed by atoms with Crippen LogP contribution in [0.5, 0.6) is 5.75 Å². The van der Waals surface area contributed by atoms with Crippen LogP contribution in [0.3, 0.4) is 0 Å². The SMILES string of the molecule is CON(C)C(=O)c1[nH]c2ccc(Br)cc2c1S(=O)(=O)N1CCOC(COc2ccccc2)C1. The van der Waals surface area contributed by atoms with Crippen molar-refractivity contribution in [3.05, 3.63) is 58.7 Å². The second-order valence-corrected chi connectivity index (χ2v) is 10.3. The number of sulfonamides is 1. The number of para-hydroxylation sites is 1. The molecule has 11 heteroatoms. The molecule has 1 saturated heterocycles. The van der Waals surface area contributed by atoms with Gasteiger partial charge in [-0.05, 0) is 30.3 Å². The number of morpholine rings is 1. The van der Waals surface area contributed by atoms with Gasteiger partial charge >= 0.3 is 0 Å². The highest BCUT2D eigenvalue weighted by Gasteiger charge is 2.37. The molecule has 0 spiro atoms. The molecule has 0 radical (unpaired) electrons. The third kappa shape index (κ3) is 4.92. The van der Waals surface area contributed by atoms with Crippen LogP contribution in [0.15, 0.2) is 57.9 Å². The maximum atomic E-state index is 13.8. The number of hydrogen-bond donors (Lipinski definition) is 1. The molecule has 1 aliphatic rings. The van der Waals surface area contributed by atoms with Gasteiger partial charge < -0.3 is 14.5 Å². The van der Waals surface area contributed by atoms with E-state index in [0.29, 0.717) is 21.1 Å². The highest BCUT2D eigenvalue weighted by atomic mass is 79.9. The predicted octanol–water partition coefficient (Wildman–Crippen LogP) is 3.03. The molecular weight excluding hydrogens is 514 g/mol. The molecule has 0 aliphatic carbocycles. The van der Waals surface area contributed by atoms with E-state index < -0.39 is 22.0 Å². The van der Waals surface area contributed by atoms with Crippen molar-refractivity contribution in [2.75, 3.05) is 40.5 Å². The Bertz CT molecular complexity index is 1250. The lowest BCUT2D eigenvalue weighted by atomic mass is 10.2. The molecule has 2 heterocycles. The van der Waals surface area contributed by atoms with Crippen molar-refractivity contribution in [1.82, 2.24) is 14.4 Å². The molecule has 176 valence electrons. The van der Waals surface area contributed by atoms with Gasteiger partial charge in [0.1, 0.15) is 29.0 Å². The molecule has 0 bridgehead atoms.